The second-order valence-electron chi connectivity index (χ2n) is 8.29. The van der Waals surface area contributed by atoms with E-state index in [0.29, 0.717) is 32.5 Å². The highest BCUT2D eigenvalue weighted by Gasteiger charge is 2.39. The van der Waals surface area contributed by atoms with Gasteiger partial charge in [-0.1, -0.05) is 60.7 Å². The van der Waals surface area contributed by atoms with E-state index in [1.807, 2.05) is 0 Å². The molecular weight excluding hydrogens is 564 g/mol. The van der Waals surface area contributed by atoms with Gasteiger partial charge >= 0.3 is 5.97 Å². The van der Waals surface area contributed by atoms with Gasteiger partial charge in [0.15, 0.2) is 17.1 Å². The van der Waals surface area contributed by atoms with Crippen molar-refractivity contribution in [2.24, 2.45) is 5.10 Å². The van der Waals surface area contributed by atoms with E-state index in [0.717, 1.165) is 0 Å². The molecule has 8 nitrogen and oxygen atoms in total. The van der Waals surface area contributed by atoms with Gasteiger partial charge in [-0.2, -0.15) is 5.10 Å². The summed E-state index contributed by atoms with van der Waals surface area (Å²) >= 11 is 3.41. The SMILES string of the molecule is COc1ccc(C(=O)Oc2c(Br)cc(/C=N\NC(=O)C(O)(c3ccccc3)c3ccccc3)cc2OC)cc1. The maximum absolute atomic E-state index is 13.2. The number of rotatable bonds is 9. The molecule has 1 amide bonds. The lowest BCUT2D eigenvalue weighted by atomic mass is 9.85. The van der Waals surface area contributed by atoms with Crippen LogP contribution in [0.2, 0.25) is 0 Å². The molecule has 0 fully saturated rings. The average Bonchev–Trinajstić information content (AvgIpc) is 2.98. The maximum Gasteiger partial charge on any atom is 0.343 e. The fourth-order valence-electron chi connectivity index (χ4n) is 3.83. The lowest BCUT2D eigenvalue weighted by molar-refractivity contribution is -0.136. The Hall–Kier alpha value is -4.47. The number of carbonyl (C=O) groups excluding carboxylic acids is 2. The molecule has 0 radical (unpaired) electrons. The summed E-state index contributed by atoms with van der Waals surface area (Å²) in [6.45, 7) is 0. The Labute approximate surface area is 234 Å². The molecule has 4 aromatic carbocycles. The van der Waals surface area contributed by atoms with Crippen molar-refractivity contribution in [3.63, 3.8) is 0 Å². The molecule has 0 atom stereocenters. The highest BCUT2D eigenvalue weighted by atomic mass is 79.9. The highest BCUT2D eigenvalue weighted by molar-refractivity contribution is 9.10. The molecule has 0 saturated carbocycles. The minimum absolute atomic E-state index is 0.182. The van der Waals surface area contributed by atoms with Crippen molar-refractivity contribution >= 4 is 34.0 Å². The van der Waals surface area contributed by atoms with Crippen molar-refractivity contribution < 1.29 is 28.9 Å². The Morgan fingerprint density at radius 3 is 2.00 bits per heavy atom. The Morgan fingerprint density at radius 2 is 1.46 bits per heavy atom. The molecule has 0 aromatic heterocycles. The predicted octanol–water partition coefficient (Wildman–Crippen LogP) is 5.07. The molecule has 9 heteroatoms. The molecule has 0 spiro atoms. The van der Waals surface area contributed by atoms with Crippen LogP contribution < -0.4 is 19.6 Å². The van der Waals surface area contributed by atoms with E-state index in [1.165, 1.54) is 13.3 Å². The van der Waals surface area contributed by atoms with Crippen LogP contribution in [-0.4, -0.2) is 37.4 Å². The van der Waals surface area contributed by atoms with E-state index in [9.17, 15) is 14.7 Å². The molecule has 2 N–H and O–H groups in total. The number of aliphatic hydroxyl groups is 1. The second kappa shape index (κ2) is 12.4. The first kappa shape index (κ1) is 27.6. The first-order chi connectivity index (χ1) is 18.9. The number of nitrogens with zero attached hydrogens (tertiary/aromatic N) is 1. The molecular formula is C30H25BrN2O6. The number of esters is 1. The summed E-state index contributed by atoms with van der Waals surface area (Å²) in [5, 5.41) is 15.6. The smallest absolute Gasteiger partial charge is 0.343 e. The molecule has 0 aliphatic rings. The van der Waals surface area contributed by atoms with Crippen LogP contribution in [-0.2, 0) is 10.4 Å². The van der Waals surface area contributed by atoms with Gasteiger partial charge in [-0.15, -0.1) is 0 Å². The minimum Gasteiger partial charge on any atom is -0.497 e. The largest absolute Gasteiger partial charge is 0.497 e. The van der Waals surface area contributed by atoms with Crippen molar-refractivity contribution in [3.05, 3.63) is 124 Å². The first-order valence-corrected chi connectivity index (χ1v) is 12.6. The zero-order chi connectivity index (χ0) is 27.8. The fourth-order valence-corrected chi connectivity index (χ4v) is 4.37. The Morgan fingerprint density at radius 1 is 0.872 bits per heavy atom. The fraction of sp³-hybridized carbons (Fsp3) is 0.100. The third-order valence-electron chi connectivity index (χ3n) is 5.86. The van der Waals surface area contributed by atoms with Crippen LogP contribution in [0.25, 0.3) is 0 Å². The van der Waals surface area contributed by atoms with Gasteiger partial charge in [-0.3, -0.25) is 4.79 Å². The lowest BCUT2D eigenvalue weighted by Gasteiger charge is -2.27. The quantitative estimate of drug-likeness (QED) is 0.122. The molecule has 0 unspecified atom stereocenters. The van der Waals surface area contributed by atoms with Crippen LogP contribution in [0.5, 0.6) is 17.2 Å². The van der Waals surface area contributed by atoms with Crippen molar-refractivity contribution in [2.75, 3.05) is 14.2 Å². The zero-order valence-corrected chi connectivity index (χ0v) is 22.7. The highest BCUT2D eigenvalue weighted by Crippen LogP contribution is 2.37. The molecule has 39 heavy (non-hydrogen) atoms. The number of methoxy groups -OCH3 is 2. The van der Waals surface area contributed by atoms with Crippen LogP contribution in [0.1, 0.15) is 27.0 Å². The Kier molecular flexibility index (Phi) is 8.75. The number of hydrogen-bond donors (Lipinski definition) is 2. The summed E-state index contributed by atoms with van der Waals surface area (Å²) in [7, 11) is 2.98. The number of hydrazone groups is 1. The van der Waals surface area contributed by atoms with Crippen LogP contribution in [0.3, 0.4) is 0 Å². The predicted molar refractivity (Wildman–Crippen MR) is 150 cm³/mol. The first-order valence-electron chi connectivity index (χ1n) is 11.8. The normalized spacial score (nSPS) is 11.2. The summed E-state index contributed by atoms with van der Waals surface area (Å²) in [4.78, 5) is 25.9. The van der Waals surface area contributed by atoms with Crippen LogP contribution in [0, 0.1) is 0 Å². The number of nitrogens with one attached hydrogen (secondary N) is 1. The maximum atomic E-state index is 13.2. The lowest BCUT2D eigenvalue weighted by Crippen LogP contribution is -2.43. The van der Waals surface area contributed by atoms with Crippen molar-refractivity contribution in [1.29, 1.82) is 0 Å². The van der Waals surface area contributed by atoms with Crippen LogP contribution in [0.4, 0.5) is 0 Å². The van der Waals surface area contributed by atoms with Gasteiger partial charge < -0.3 is 19.3 Å². The van der Waals surface area contributed by atoms with Gasteiger partial charge in [0.05, 0.1) is 30.5 Å². The van der Waals surface area contributed by atoms with Gasteiger partial charge in [0.25, 0.3) is 5.91 Å². The number of hydrogen-bond acceptors (Lipinski definition) is 7. The van der Waals surface area contributed by atoms with Crippen LogP contribution >= 0.6 is 15.9 Å². The topological polar surface area (TPSA) is 106 Å². The molecule has 0 heterocycles. The summed E-state index contributed by atoms with van der Waals surface area (Å²) in [6, 6.07) is 27.0. The van der Waals surface area contributed by atoms with Crippen molar-refractivity contribution in [3.8, 4) is 17.2 Å². The molecule has 4 aromatic rings. The van der Waals surface area contributed by atoms with Crippen molar-refractivity contribution in [2.45, 2.75) is 5.60 Å². The number of amides is 1. The van der Waals surface area contributed by atoms with Gasteiger partial charge in [-0.25, -0.2) is 10.2 Å². The minimum atomic E-state index is -1.96. The summed E-state index contributed by atoms with van der Waals surface area (Å²) in [5.41, 5.74) is 2.14. The average molecular weight is 589 g/mol. The Balaban J connectivity index is 1.53. The van der Waals surface area contributed by atoms with Gasteiger partial charge in [-0.05, 0) is 69.0 Å². The molecule has 4 rings (SSSR count). The standard InChI is InChI=1S/C30H25BrN2O6/c1-37-24-15-13-21(14-16-24)28(34)39-27-25(31)17-20(18-26(27)38-2)19-32-33-29(35)30(36,22-9-5-3-6-10-22)23-11-7-4-8-12-23/h3-19,36H,1-2H3,(H,33,35)/b32-19-. The molecule has 0 aliphatic heterocycles. The molecule has 0 aliphatic carbocycles. The van der Waals surface area contributed by atoms with E-state index >= 15 is 0 Å². The van der Waals surface area contributed by atoms with E-state index in [4.69, 9.17) is 14.2 Å². The number of ether oxygens (including phenoxy) is 3. The third-order valence-corrected chi connectivity index (χ3v) is 6.45. The zero-order valence-electron chi connectivity index (χ0n) is 21.1. The van der Waals surface area contributed by atoms with Gasteiger partial charge in [0.2, 0.25) is 0 Å². The van der Waals surface area contributed by atoms with E-state index in [-0.39, 0.29) is 11.5 Å². The second-order valence-corrected chi connectivity index (χ2v) is 9.15. The third kappa shape index (κ3) is 6.17. The van der Waals surface area contributed by atoms with Crippen molar-refractivity contribution in [1.82, 2.24) is 5.43 Å². The monoisotopic (exact) mass is 588 g/mol. The number of benzene rings is 4. The van der Waals surface area contributed by atoms with Gasteiger partial charge in [0, 0.05) is 0 Å². The molecule has 0 bridgehead atoms. The summed E-state index contributed by atoms with van der Waals surface area (Å²) in [5.74, 6) is -0.239. The summed E-state index contributed by atoms with van der Waals surface area (Å²) < 4.78 is 16.5. The van der Waals surface area contributed by atoms with Crippen LogP contribution in [0.15, 0.2) is 107 Å². The molecule has 198 valence electrons. The van der Waals surface area contributed by atoms with E-state index in [1.54, 1.807) is 104 Å². The van der Waals surface area contributed by atoms with E-state index in [2.05, 4.69) is 26.5 Å². The van der Waals surface area contributed by atoms with E-state index < -0.39 is 17.5 Å². The van der Waals surface area contributed by atoms with Gasteiger partial charge in [0.1, 0.15) is 5.75 Å². The Bertz CT molecular complexity index is 1440. The summed E-state index contributed by atoms with van der Waals surface area (Å²) in [6.07, 6.45) is 1.39. The molecule has 0 saturated heterocycles. The number of carbonyl (C=O) groups is 2. The number of halogens is 1.